The summed E-state index contributed by atoms with van der Waals surface area (Å²) in [5.74, 6) is 0.897. The van der Waals surface area contributed by atoms with Gasteiger partial charge in [-0.3, -0.25) is 0 Å². The molecule has 0 aliphatic heterocycles. The molecule has 3 nitrogen and oxygen atoms in total. The Morgan fingerprint density at radius 3 is 2.45 bits per heavy atom. The monoisotopic (exact) mass is 315 g/mol. The van der Waals surface area contributed by atoms with Crippen LogP contribution in [0.4, 0.5) is 0 Å². The first-order chi connectivity index (χ1) is 9.52. The first-order valence-electron chi connectivity index (χ1n) is 7.20. The Morgan fingerprint density at radius 1 is 1.25 bits per heavy atom. The van der Waals surface area contributed by atoms with E-state index >= 15 is 0 Å². The minimum Gasteiger partial charge on any atom is -0.207 e. The summed E-state index contributed by atoms with van der Waals surface area (Å²) in [5.41, 5.74) is 2.03. The fraction of sp³-hybridized carbons (Fsp3) is 0.600. The fourth-order valence-electron chi connectivity index (χ4n) is 2.37. The van der Waals surface area contributed by atoms with Crippen LogP contribution in [0.15, 0.2) is 23.1 Å². The third kappa shape index (κ3) is 3.35. The van der Waals surface area contributed by atoms with Gasteiger partial charge in [-0.15, -0.1) is 11.6 Å². The van der Waals surface area contributed by atoms with Crippen LogP contribution in [-0.4, -0.2) is 25.8 Å². The van der Waals surface area contributed by atoms with Crippen molar-refractivity contribution in [3.63, 3.8) is 0 Å². The molecule has 0 amide bonds. The van der Waals surface area contributed by atoms with Crippen LogP contribution >= 0.6 is 11.6 Å². The second-order valence-electron chi connectivity index (χ2n) is 5.32. The first kappa shape index (κ1) is 15.8. The van der Waals surface area contributed by atoms with Gasteiger partial charge in [-0.1, -0.05) is 19.9 Å². The highest BCUT2D eigenvalue weighted by atomic mass is 35.5. The van der Waals surface area contributed by atoms with E-state index in [1.807, 2.05) is 19.9 Å². The number of rotatable bonds is 7. The lowest BCUT2D eigenvalue weighted by atomic mass is 10.1. The molecule has 1 fully saturated rings. The van der Waals surface area contributed by atoms with Gasteiger partial charge in [0.1, 0.15) is 0 Å². The van der Waals surface area contributed by atoms with E-state index in [4.69, 9.17) is 11.6 Å². The molecule has 5 heteroatoms. The van der Waals surface area contributed by atoms with Gasteiger partial charge in [0.05, 0.1) is 4.90 Å². The number of benzene rings is 1. The van der Waals surface area contributed by atoms with Gasteiger partial charge < -0.3 is 0 Å². The molecule has 0 spiro atoms. The van der Waals surface area contributed by atoms with Gasteiger partial charge in [0, 0.05) is 19.0 Å². The van der Waals surface area contributed by atoms with E-state index in [1.165, 1.54) is 0 Å². The smallest absolute Gasteiger partial charge is 0.207 e. The molecule has 0 saturated heterocycles. The van der Waals surface area contributed by atoms with E-state index in [1.54, 1.807) is 16.4 Å². The summed E-state index contributed by atoms with van der Waals surface area (Å²) in [6, 6.07) is 5.33. The number of sulfonamides is 1. The highest BCUT2D eigenvalue weighted by Gasteiger charge is 2.30. The molecule has 20 heavy (non-hydrogen) atoms. The van der Waals surface area contributed by atoms with Crippen molar-refractivity contribution in [3.8, 4) is 0 Å². The number of nitrogens with zero attached hydrogens (tertiary/aromatic N) is 1. The van der Waals surface area contributed by atoms with Crippen molar-refractivity contribution >= 4 is 21.6 Å². The molecular formula is C15H22ClNO2S. The van der Waals surface area contributed by atoms with E-state index in [9.17, 15) is 8.42 Å². The van der Waals surface area contributed by atoms with Gasteiger partial charge >= 0.3 is 0 Å². The summed E-state index contributed by atoms with van der Waals surface area (Å²) in [6.07, 6.45) is 3.16. The minimum atomic E-state index is -3.39. The number of halogens is 1. The zero-order valence-electron chi connectivity index (χ0n) is 12.1. The maximum absolute atomic E-state index is 12.7. The SMILES string of the molecule is CCc1ccc(S(=O)(=O)N(CC)CC2CC2)cc1CCl. The van der Waals surface area contributed by atoms with Crippen molar-refractivity contribution < 1.29 is 8.42 Å². The lowest BCUT2D eigenvalue weighted by Crippen LogP contribution is -2.32. The van der Waals surface area contributed by atoms with Gasteiger partial charge in [0.2, 0.25) is 10.0 Å². The van der Waals surface area contributed by atoms with E-state index in [2.05, 4.69) is 0 Å². The summed E-state index contributed by atoms with van der Waals surface area (Å²) < 4.78 is 26.9. The third-order valence-corrected chi connectivity index (χ3v) is 6.08. The standard InChI is InChI=1S/C15H22ClNO2S/c1-3-13-7-8-15(9-14(13)10-16)20(18,19)17(4-2)11-12-5-6-12/h7-9,12H,3-6,10-11H2,1-2H3. The highest BCUT2D eigenvalue weighted by molar-refractivity contribution is 7.89. The van der Waals surface area contributed by atoms with Crippen molar-refractivity contribution in [2.24, 2.45) is 5.92 Å². The van der Waals surface area contributed by atoms with Gasteiger partial charge in [-0.2, -0.15) is 4.31 Å². The molecule has 2 rings (SSSR count). The number of alkyl halides is 1. The predicted molar refractivity (Wildman–Crippen MR) is 82.5 cm³/mol. The largest absolute Gasteiger partial charge is 0.243 e. The summed E-state index contributed by atoms with van der Waals surface area (Å²) in [4.78, 5) is 0.368. The van der Waals surface area contributed by atoms with Crippen LogP contribution in [0.1, 0.15) is 37.8 Å². The molecule has 1 saturated carbocycles. The van der Waals surface area contributed by atoms with Crippen molar-refractivity contribution in [2.45, 2.75) is 43.9 Å². The molecule has 0 heterocycles. The van der Waals surface area contributed by atoms with Crippen LogP contribution in [0.25, 0.3) is 0 Å². The molecule has 0 unspecified atom stereocenters. The molecular weight excluding hydrogens is 294 g/mol. The van der Waals surface area contributed by atoms with Crippen LogP contribution in [0.5, 0.6) is 0 Å². The van der Waals surface area contributed by atoms with Crippen molar-refractivity contribution in [1.29, 1.82) is 0 Å². The molecule has 0 atom stereocenters. The van der Waals surface area contributed by atoms with Crippen LogP contribution in [0.2, 0.25) is 0 Å². The molecule has 112 valence electrons. The lowest BCUT2D eigenvalue weighted by Gasteiger charge is -2.21. The van der Waals surface area contributed by atoms with Gasteiger partial charge in [-0.05, 0) is 48.4 Å². The Bertz CT molecular complexity index is 567. The molecule has 0 aromatic heterocycles. The maximum Gasteiger partial charge on any atom is 0.243 e. The summed E-state index contributed by atoms with van der Waals surface area (Å²) >= 11 is 5.93. The quantitative estimate of drug-likeness (QED) is 0.723. The van der Waals surface area contributed by atoms with E-state index in [0.717, 1.165) is 30.4 Å². The van der Waals surface area contributed by atoms with Crippen molar-refractivity contribution in [2.75, 3.05) is 13.1 Å². The second-order valence-corrected chi connectivity index (χ2v) is 7.52. The van der Waals surface area contributed by atoms with Gasteiger partial charge in [0.25, 0.3) is 0 Å². The summed E-state index contributed by atoms with van der Waals surface area (Å²) in [5, 5.41) is 0. The zero-order valence-corrected chi connectivity index (χ0v) is 13.7. The van der Waals surface area contributed by atoms with Crippen LogP contribution < -0.4 is 0 Å². The minimum absolute atomic E-state index is 0.348. The molecule has 0 N–H and O–H groups in total. The predicted octanol–water partition coefficient (Wildman–Crippen LogP) is 3.41. The van der Waals surface area contributed by atoms with E-state index < -0.39 is 10.0 Å². The number of hydrogen-bond acceptors (Lipinski definition) is 2. The van der Waals surface area contributed by atoms with Gasteiger partial charge in [-0.25, -0.2) is 8.42 Å². The van der Waals surface area contributed by atoms with Crippen molar-refractivity contribution in [3.05, 3.63) is 29.3 Å². The van der Waals surface area contributed by atoms with Crippen LogP contribution in [-0.2, 0) is 22.3 Å². The molecule has 1 aromatic rings. The van der Waals surface area contributed by atoms with Crippen LogP contribution in [0.3, 0.4) is 0 Å². The van der Waals surface area contributed by atoms with E-state index in [-0.39, 0.29) is 0 Å². The van der Waals surface area contributed by atoms with Crippen molar-refractivity contribution in [1.82, 2.24) is 4.31 Å². The average Bonchev–Trinajstić information content (AvgIpc) is 3.27. The number of aryl methyl sites for hydroxylation is 1. The maximum atomic E-state index is 12.7. The Kier molecular flexibility index (Phi) is 5.10. The Balaban J connectivity index is 2.31. The molecule has 1 aliphatic rings. The zero-order chi connectivity index (χ0) is 14.8. The lowest BCUT2D eigenvalue weighted by molar-refractivity contribution is 0.412. The second kappa shape index (κ2) is 6.46. The molecule has 0 radical (unpaired) electrons. The summed E-state index contributed by atoms with van der Waals surface area (Å²) in [7, 11) is -3.39. The van der Waals surface area contributed by atoms with Gasteiger partial charge in [0.15, 0.2) is 0 Å². The molecule has 1 aromatic carbocycles. The number of hydrogen-bond donors (Lipinski definition) is 0. The normalized spacial score (nSPS) is 15.8. The summed E-state index contributed by atoms with van der Waals surface area (Å²) in [6.45, 7) is 5.10. The topological polar surface area (TPSA) is 37.4 Å². The Morgan fingerprint density at radius 2 is 1.95 bits per heavy atom. The van der Waals surface area contributed by atoms with E-state index in [0.29, 0.717) is 29.8 Å². The fourth-order valence-corrected chi connectivity index (χ4v) is 4.19. The molecule has 0 bridgehead atoms. The Labute approximate surface area is 127 Å². The highest BCUT2D eigenvalue weighted by Crippen LogP contribution is 2.31. The van der Waals surface area contributed by atoms with Crippen LogP contribution in [0, 0.1) is 5.92 Å². The Hall–Kier alpha value is -0.580. The average molecular weight is 316 g/mol. The first-order valence-corrected chi connectivity index (χ1v) is 9.18. The molecule has 1 aliphatic carbocycles. The third-order valence-electron chi connectivity index (χ3n) is 3.85.